The minimum absolute atomic E-state index is 0.0364. The minimum Gasteiger partial charge on any atom is -0.506 e. The van der Waals surface area contributed by atoms with Gasteiger partial charge in [0.2, 0.25) is 11.8 Å². The van der Waals surface area contributed by atoms with Crippen LogP contribution in [0.1, 0.15) is 67.9 Å². The molecule has 0 fully saturated rings. The first-order valence-electron chi connectivity index (χ1n) is 14.1. The number of benzene rings is 4. The molecule has 0 aliphatic heterocycles. The number of carboxylic acid groups (broad SMARTS) is 2. The maximum atomic E-state index is 12.9. The Balaban J connectivity index is 1.53. The molecule has 232 valence electrons. The summed E-state index contributed by atoms with van der Waals surface area (Å²) in [5, 5.41) is 45.2. The van der Waals surface area contributed by atoms with E-state index in [-0.39, 0.29) is 46.8 Å². The Hall–Kier alpha value is -5.64. The highest BCUT2D eigenvalue weighted by atomic mass is 16.4. The summed E-state index contributed by atoms with van der Waals surface area (Å²) in [4.78, 5) is 48.8. The molecule has 4 aromatic carbocycles. The van der Waals surface area contributed by atoms with Gasteiger partial charge in [-0.25, -0.2) is 9.59 Å². The number of carboxylic acids is 2. The topological polar surface area (TPSA) is 173 Å². The Bertz CT molecular complexity index is 1830. The number of phenols is 2. The number of phenolic OH excluding ortho intramolecular Hbond substituents is 2. The van der Waals surface area contributed by atoms with Crippen LogP contribution in [0.25, 0.3) is 0 Å². The summed E-state index contributed by atoms with van der Waals surface area (Å²) in [5.74, 6) is -3.40. The van der Waals surface area contributed by atoms with E-state index in [1.165, 1.54) is 18.2 Å². The number of aromatic hydroxyl groups is 2. The van der Waals surface area contributed by atoms with Crippen LogP contribution in [-0.2, 0) is 27.8 Å². The smallest absolute Gasteiger partial charge is 0.336 e. The first kappa shape index (κ1) is 32.3. The maximum Gasteiger partial charge on any atom is 0.336 e. The molecular weight excluding hydrogens is 576 g/mol. The Morgan fingerprint density at radius 2 is 1.22 bits per heavy atom. The van der Waals surface area contributed by atoms with Crippen molar-refractivity contribution in [3.8, 4) is 11.5 Å². The Kier molecular flexibility index (Phi) is 9.27. The third-order valence-electron chi connectivity index (χ3n) is 7.79. The normalized spacial score (nSPS) is 11.1. The fraction of sp³-hybridized carbons (Fsp3) is 0.200. The molecule has 0 radical (unpaired) electrons. The molecule has 0 aromatic heterocycles. The van der Waals surface area contributed by atoms with E-state index in [9.17, 15) is 39.6 Å². The number of aromatic carboxylic acids is 2. The van der Waals surface area contributed by atoms with Crippen LogP contribution in [0.15, 0.2) is 72.8 Å². The monoisotopic (exact) mass is 610 g/mol. The van der Waals surface area contributed by atoms with Crippen LogP contribution >= 0.6 is 0 Å². The lowest BCUT2D eigenvalue weighted by Crippen LogP contribution is -2.21. The van der Waals surface area contributed by atoms with Crippen LogP contribution in [0.4, 0.5) is 11.4 Å². The van der Waals surface area contributed by atoms with Crippen molar-refractivity contribution in [2.75, 3.05) is 10.6 Å². The molecule has 2 amide bonds. The molecule has 4 rings (SSSR count). The van der Waals surface area contributed by atoms with Gasteiger partial charge in [-0.15, -0.1) is 0 Å². The Labute approximate surface area is 260 Å². The van der Waals surface area contributed by atoms with Gasteiger partial charge in [0.15, 0.2) is 0 Å². The molecule has 0 saturated carbocycles. The van der Waals surface area contributed by atoms with Crippen molar-refractivity contribution in [1.29, 1.82) is 0 Å². The van der Waals surface area contributed by atoms with Crippen molar-refractivity contribution >= 4 is 35.1 Å². The molecule has 10 nitrogen and oxygen atoms in total. The molecule has 6 N–H and O–H groups in total. The number of hydrogen-bond acceptors (Lipinski definition) is 6. The van der Waals surface area contributed by atoms with Gasteiger partial charge in [-0.3, -0.25) is 9.59 Å². The van der Waals surface area contributed by atoms with E-state index >= 15 is 0 Å². The number of carbonyl (C=O) groups is 4. The number of rotatable bonds is 10. The molecule has 0 saturated heterocycles. The third-order valence-corrected chi connectivity index (χ3v) is 7.79. The minimum atomic E-state index is -1.13. The number of carbonyl (C=O) groups excluding carboxylic acids is 2. The molecular formula is C35H34N2O8. The van der Waals surface area contributed by atoms with Gasteiger partial charge in [0.25, 0.3) is 0 Å². The molecule has 0 atom stereocenters. The zero-order chi connectivity index (χ0) is 33.1. The lowest BCUT2D eigenvalue weighted by atomic mass is 9.77. The SMILES string of the molecule is Cc1cc(CC(=O)Nc2cc(C(C)(C)c3ccc(O)c(NC(=O)Cc4cccc(C)c4C(=O)O)c3)ccc2O)ccc1C(=O)O. The predicted octanol–water partition coefficient (Wildman–Crippen LogP) is 5.80. The van der Waals surface area contributed by atoms with Crippen LogP contribution < -0.4 is 10.6 Å². The largest absolute Gasteiger partial charge is 0.506 e. The van der Waals surface area contributed by atoms with Crippen molar-refractivity contribution < 1.29 is 39.6 Å². The molecule has 0 aliphatic carbocycles. The highest BCUT2D eigenvalue weighted by Gasteiger charge is 2.26. The molecule has 0 spiro atoms. The van der Waals surface area contributed by atoms with E-state index in [1.807, 2.05) is 13.8 Å². The predicted molar refractivity (Wildman–Crippen MR) is 169 cm³/mol. The fourth-order valence-electron chi connectivity index (χ4n) is 5.22. The van der Waals surface area contributed by atoms with Gasteiger partial charge < -0.3 is 31.1 Å². The van der Waals surface area contributed by atoms with Crippen LogP contribution in [-0.4, -0.2) is 44.2 Å². The van der Waals surface area contributed by atoms with E-state index in [0.717, 1.165) is 0 Å². The average Bonchev–Trinajstić information content (AvgIpc) is 2.94. The van der Waals surface area contributed by atoms with Gasteiger partial charge in [0, 0.05) is 5.41 Å². The molecule has 4 aromatic rings. The molecule has 10 heteroatoms. The summed E-state index contributed by atoms with van der Waals surface area (Å²) in [6.45, 7) is 7.12. The zero-order valence-electron chi connectivity index (χ0n) is 25.3. The van der Waals surface area contributed by atoms with E-state index in [2.05, 4.69) is 10.6 Å². The van der Waals surface area contributed by atoms with Crippen LogP contribution in [0.2, 0.25) is 0 Å². The number of nitrogens with one attached hydrogen (secondary N) is 2. The fourth-order valence-corrected chi connectivity index (χ4v) is 5.22. The van der Waals surface area contributed by atoms with Crippen molar-refractivity contribution in [1.82, 2.24) is 0 Å². The summed E-state index contributed by atoms with van der Waals surface area (Å²) < 4.78 is 0. The molecule has 45 heavy (non-hydrogen) atoms. The summed E-state index contributed by atoms with van der Waals surface area (Å²) in [6.07, 6.45) is -0.244. The summed E-state index contributed by atoms with van der Waals surface area (Å²) in [7, 11) is 0. The van der Waals surface area contributed by atoms with Crippen molar-refractivity contribution in [2.45, 2.75) is 46.0 Å². The van der Waals surface area contributed by atoms with E-state index < -0.39 is 29.2 Å². The Morgan fingerprint density at radius 1 is 0.667 bits per heavy atom. The standard InChI is InChI=1S/C35H34N2O8/c1-19-6-5-7-22(32(19)34(44)45)16-31(41)37-27-18-24(10-13-29(27)39)35(3,4)23-9-12-28(38)26(17-23)36-30(40)15-21-8-11-25(33(42)43)20(2)14-21/h5-14,17-18,38-39H,15-16H2,1-4H3,(H,36,40)(H,37,41)(H,42,43)(H,44,45). The van der Waals surface area contributed by atoms with E-state index in [0.29, 0.717) is 33.4 Å². The first-order chi connectivity index (χ1) is 21.2. The second-order valence-electron chi connectivity index (χ2n) is 11.4. The van der Waals surface area contributed by atoms with Crippen LogP contribution in [0, 0.1) is 13.8 Å². The lowest BCUT2D eigenvalue weighted by Gasteiger charge is -2.28. The van der Waals surface area contributed by atoms with Gasteiger partial charge in [-0.1, -0.05) is 56.3 Å². The van der Waals surface area contributed by atoms with Crippen molar-refractivity contribution in [3.63, 3.8) is 0 Å². The maximum absolute atomic E-state index is 12.9. The average molecular weight is 611 g/mol. The number of amides is 2. The second kappa shape index (κ2) is 12.9. The molecule has 0 bridgehead atoms. The highest BCUT2D eigenvalue weighted by Crippen LogP contribution is 2.38. The van der Waals surface area contributed by atoms with Crippen LogP contribution in [0.3, 0.4) is 0 Å². The van der Waals surface area contributed by atoms with Crippen LogP contribution in [0.5, 0.6) is 11.5 Å². The summed E-state index contributed by atoms with van der Waals surface area (Å²) in [6, 6.07) is 19.1. The molecule has 0 heterocycles. The first-order valence-corrected chi connectivity index (χ1v) is 14.1. The lowest BCUT2D eigenvalue weighted by molar-refractivity contribution is -0.116. The van der Waals surface area contributed by atoms with Gasteiger partial charge in [-0.05, 0) is 77.6 Å². The summed E-state index contributed by atoms with van der Waals surface area (Å²) in [5.41, 5.74) is 3.27. The number of anilines is 2. The van der Waals surface area contributed by atoms with Gasteiger partial charge in [0.05, 0.1) is 35.3 Å². The van der Waals surface area contributed by atoms with E-state index in [1.54, 1.807) is 68.4 Å². The Morgan fingerprint density at radius 3 is 1.73 bits per heavy atom. The van der Waals surface area contributed by atoms with Gasteiger partial charge in [0.1, 0.15) is 11.5 Å². The highest BCUT2D eigenvalue weighted by molar-refractivity contribution is 5.98. The van der Waals surface area contributed by atoms with E-state index in [4.69, 9.17) is 0 Å². The molecule has 0 unspecified atom stereocenters. The van der Waals surface area contributed by atoms with Crippen molar-refractivity contribution in [3.05, 3.63) is 117 Å². The van der Waals surface area contributed by atoms with Gasteiger partial charge in [-0.2, -0.15) is 0 Å². The number of aryl methyl sites for hydroxylation is 2. The van der Waals surface area contributed by atoms with Crippen molar-refractivity contribution in [2.24, 2.45) is 0 Å². The third kappa shape index (κ3) is 7.30. The van der Waals surface area contributed by atoms with Gasteiger partial charge >= 0.3 is 11.9 Å². The second-order valence-corrected chi connectivity index (χ2v) is 11.4. The quantitative estimate of drug-likeness (QED) is 0.122. The number of hydrogen-bond donors (Lipinski definition) is 6. The zero-order valence-corrected chi connectivity index (χ0v) is 25.3. The molecule has 0 aliphatic rings. The summed E-state index contributed by atoms with van der Waals surface area (Å²) >= 11 is 0.